The van der Waals surface area contributed by atoms with Gasteiger partial charge in [-0.15, -0.1) is 0 Å². The fraction of sp³-hybridized carbons (Fsp3) is 0.769. The number of aliphatic carboxylic acids is 1. The van der Waals surface area contributed by atoms with Crippen molar-refractivity contribution in [1.29, 1.82) is 0 Å². The summed E-state index contributed by atoms with van der Waals surface area (Å²) in [5, 5.41) is 8.60. The number of carboxylic acids is 1. The molecule has 0 heterocycles. The molecule has 1 N–H and O–H groups in total. The predicted molar refractivity (Wildman–Crippen MR) is 66.9 cm³/mol. The Morgan fingerprint density at radius 1 is 1.06 bits per heavy atom. The predicted octanol–water partition coefficient (Wildman–Crippen LogP) is 2.84. The number of carboxylic acid groups (broad SMARTS) is 1. The van der Waals surface area contributed by atoms with Crippen LogP contribution in [-0.4, -0.2) is 22.6 Å². The number of hydrogen-bond acceptors (Lipinski definition) is 3. The van der Waals surface area contributed by atoms with Crippen molar-refractivity contribution in [3.8, 4) is 0 Å². The van der Waals surface area contributed by atoms with E-state index >= 15 is 0 Å². The van der Waals surface area contributed by atoms with Gasteiger partial charge in [0.1, 0.15) is 11.6 Å². The minimum atomic E-state index is -0.643. The largest absolute Gasteiger partial charge is 0.481 e. The zero-order valence-electron chi connectivity index (χ0n) is 11.3. The van der Waals surface area contributed by atoms with Crippen molar-refractivity contribution >= 4 is 17.5 Å². The third-order valence-corrected chi connectivity index (χ3v) is 2.25. The van der Waals surface area contributed by atoms with Crippen LogP contribution in [0.3, 0.4) is 0 Å². The molecule has 0 aromatic rings. The van der Waals surface area contributed by atoms with Crippen LogP contribution in [0.1, 0.15) is 59.8 Å². The highest BCUT2D eigenvalue weighted by Gasteiger charge is 2.12. The molecule has 4 heteroatoms. The highest BCUT2D eigenvalue weighted by Crippen LogP contribution is 2.11. The van der Waals surface area contributed by atoms with Crippen molar-refractivity contribution in [2.24, 2.45) is 5.92 Å². The second-order valence-electron chi connectivity index (χ2n) is 4.17. The summed E-state index contributed by atoms with van der Waals surface area (Å²) in [6, 6.07) is 0. The van der Waals surface area contributed by atoms with Crippen LogP contribution in [0.5, 0.6) is 0 Å². The second-order valence-corrected chi connectivity index (χ2v) is 4.17. The molecule has 0 aromatic heterocycles. The molecule has 0 fully saturated rings. The first-order valence-electron chi connectivity index (χ1n) is 6.06. The lowest BCUT2D eigenvalue weighted by atomic mass is 10.00. The molecule has 1 atom stereocenters. The van der Waals surface area contributed by atoms with Crippen LogP contribution >= 0.6 is 0 Å². The number of Topliss-reactive ketones (excluding diaryl/α,β-unsaturated/α-hetero) is 2. The summed E-state index contributed by atoms with van der Waals surface area (Å²) in [6.07, 6.45) is 3.80. The number of ketones is 2. The Kier molecular flexibility index (Phi) is 12.1. The van der Waals surface area contributed by atoms with Gasteiger partial charge in [0.15, 0.2) is 0 Å². The zero-order valence-corrected chi connectivity index (χ0v) is 11.3. The minimum Gasteiger partial charge on any atom is -0.481 e. The summed E-state index contributed by atoms with van der Waals surface area (Å²) in [6.45, 7) is 6.81. The van der Waals surface area contributed by atoms with E-state index in [9.17, 15) is 14.4 Å². The van der Waals surface area contributed by atoms with Crippen molar-refractivity contribution in [1.82, 2.24) is 0 Å². The first kappa shape index (κ1) is 18.2. The van der Waals surface area contributed by atoms with Crippen LogP contribution in [0.4, 0.5) is 0 Å². The molecule has 0 radical (unpaired) electrons. The summed E-state index contributed by atoms with van der Waals surface area (Å²) in [4.78, 5) is 30.5. The van der Waals surface area contributed by atoms with Crippen LogP contribution < -0.4 is 0 Å². The van der Waals surface area contributed by atoms with Crippen LogP contribution in [0, 0.1) is 5.92 Å². The van der Waals surface area contributed by atoms with Crippen molar-refractivity contribution in [3.63, 3.8) is 0 Å². The lowest BCUT2D eigenvalue weighted by Gasteiger charge is -2.06. The lowest BCUT2D eigenvalue weighted by molar-refractivity contribution is -0.142. The molecule has 1 unspecified atom stereocenters. The van der Waals surface area contributed by atoms with Gasteiger partial charge in [0.05, 0.1) is 12.3 Å². The number of carbonyl (C=O) groups excluding carboxylic acids is 2. The summed E-state index contributed by atoms with van der Waals surface area (Å²) in [5.74, 6) is -0.879. The Balaban J connectivity index is 0. The molecule has 0 spiro atoms. The smallest absolute Gasteiger partial charge is 0.306 e. The standard InChI is InChI=1S/C8H16O2.C5H8O2/c1-3-5-6-7(4-2)8(9)10;1-4(6)3-5(2)7/h7H,3-6H2,1-2H3,(H,9,10);3H2,1-2H3. The molecular formula is C13H24O4. The average molecular weight is 244 g/mol. The fourth-order valence-electron chi connectivity index (χ4n) is 1.30. The summed E-state index contributed by atoms with van der Waals surface area (Å²) in [5.41, 5.74) is 0. The number of unbranched alkanes of at least 4 members (excludes halogenated alkanes) is 1. The quantitative estimate of drug-likeness (QED) is 0.699. The van der Waals surface area contributed by atoms with Gasteiger partial charge < -0.3 is 5.11 Å². The van der Waals surface area contributed by atoms with E-state index in [0.717, 1.165) is 25.7 Å². The van der Waals surface area contributed by atoms with E-state index in [1.165, 1.54) is 13.8 Å². The topological polar surface area (TPSA) is 71.4 Å². The van der Waals surface area contributed by atoms with E-state index in [0.29, 0.717) is 0 Å². The molecular weight excluding hydrogens is 220 g/mol. The molecule has 0 rings (SSSR count). The SMILES string of the molecule is CC(=O)CC(C)=O.CCCCC(CC)C(=O)O. The maximum absolute atomic E-state index is 10.4. The van der Waals surface area contributed by atoms with Crippen molar-refractivity contribution in [3.05, 3.63) is 0 Å². The third-order valence-electron chi connectivity index (χ3n) is 2.25. The molecule has 0 aliphatic heterocycles. The van der Waals surface area contributed by atoms with Gasteiger partial charge in [-0.1, -0.05) is 26.7 Å². The highest BCUT2D eigenvalue weighted by molar-refractivity contribution is 5.96. The summed E-state index contributed by atoms with van der Waals surface area (Å²) >= 11 is 0. The van der Waals surface area contributed by atoms with E-state index in [4.69, 9.17) is 5.11 Å². The molecule has 0 saturated heterocycles. The third kappa shape index (κ3) is 14.8. The van der Waals surface area contributed by atoms with E-state index in [1.807, 2.05) is 6.92 Å². The number of carbonyl (C=O) groups is 3. The lowest BCUT2D eigenvalue weighted by Crippen LogP contribution is -2.11. The second kappa shape index (κ2) is 11.3. The Labute approximate surface area is 103 Å². The maximum Gasteiger partial charge on any atom is 0.306 e. The van der Waals surface area contributed by atoms with E-state index in [1.54, 1.807) is 0 Å². The van der Waals surface area contributed by atoms with Gasteiger partial charge in [0.2, 0.25) is 0 Å². The molecule has 0 aliphatic carbocycles. The van der Waals surface area contributed by atoms with Gasteiger partial charge in [-0.3, -0.25) is 14.4 Å². The van der Waals surface area contributed by atoms with Crippen LogP contribution in [0.25, 0.3) is 0 Å². The van der Waals surface area contributed by atoms with Gasteiger partial charge >= 0.3 is 5.97 Å². The van der Waals surface area contributed by atoms with E-state index < -0.39 is 5.97 Å². The highest BCUT2D eigenvalue weighted by atomic mass is 16.4. The molecule has 4 nitrogen and oxygen atoms in total. The molecule has 0 aromatic carbocycles. The molecule has 0 aliphatic rings. The van der Waals surface area contributed by atoms with Crippen LogP contribution in [0.2, 0.25) is 0 Å². The van der Waals surface area contributed by atoms with Gasteiger partial charge in [0.25, 0.3) is 0 Å². The van der Waals surface area contributed by atoms with Crippen molar-refractivity contribution in [2.45, 2.75) is 59.8 Å². The van der Waals surface area contributed by atoms with Gasteiger partial charge in [0, 0.05) is 0 Å². The summed E-state index contributed by atoms with van der Waals surface area (Å²) in [7, 11) is 0. The van der Waals surface area contributed by atoms with Crippen LogP contribution in [-0.2, 0) is 14.4 Å². The maximum atomic E-state index is 10.4. The van der Waals surface area contributed by atoms with Crippen molar-refractivity contribution < 1.29 is 19.5 Å². The number of rotatable bonds is 7. The average Bonchev–Trinajstić information content (AvgIpc) is 2.17. The molecule has 100 valence electrons. The molecule has 0 saturated carbocycles. The van der Waals surface area contributed by atoms with Crippen LogP contribution in [0.15, 0.2) is 0 Å². The van der Waals surface area contributed by atoms with Gasteiger partial charge in [-0.2, -0.15) is 0 Å². The first-order valence-corrected chi connectivity index (χ1v) is 6.06. The Hall–Kier alpha value is -1.19. The van der Waals surface area contributed by atoms with E-state index in [2.05, 4.69) is 6.92 Å². The van der Waals surface area contributed by atoms with E-state index in [-0.39, 0.29) is 23.9 Å². The fourth-order valence-corrected chi connectivity index (χ4v) is 1.30. The minimum absolute atomic E-state index is 0.0625. The molecule has 0 amide bonds. The zero-order chi connectivity index (χ0) is 13.8. The Morgan fingerprint density at radius 2 is 1.53 bits per heavy atom. The Morgan fingerprint density at radius 3 is 1.71 bits per heavy atom. The molecule has 0 bridgehead atoms. The molecule has 17 heavy (non-hydrogen) atoms. The summed E-state index contributed by atoms with van der Waals surface area (Å²) < 4.78 is 0. The monoisotopic (exact) mass is 244 g/mol. The van der Waals surface area contributed by atoms with Gasteiger partial charge in [-0.05, 0) is 26.7 Å². The Bertz CT molecular complexity index is 234. The van der Waals surface area contributed by atoms with Gasteiger partial charge in [-0.25, -0.2) is 0 Å². The van der Waals surface area contributed by atoms with Crippen molar-refractivity contribution in [2.75, 3.05) is 0 Å². The first-order chi connectivity index (χ1) is 7.84. The normalized spacial score (nSPS) is 11.1. The number of hydrogen-bond donors (Lipinski definition) is 1.